The average molecular weight is 438 g/mol. The fourth-order valence-electron chi connectivity index (χ4n) is 2.55. The minimum Gasteiger partial charge on any atom is -0.467 e. The Morgan fingerprint density at radius 3 is 1.50 bits per heavy atom. The first-order chi connectivity index (χ1) is 14.8. The van der Waals surface area contributed by atoms with E-state index >= 15 is 0 Å². The van der Waals surface area contributed by atoms with Gasteiger partial charge in [-0.3, -0.25) is 0 Å². The number of methoxy groups -OCH3 is 1. The van der Waals surface area contributed by atoms with Crippen LogP contribution >= 0.6 is 0 Å². The Balaban J connectivity index is 1.65. The molecule has 1 saturated heterocycles. The summed E-state index contributed by atoms with van der Waals surface area (Å²) in [5.41, 5.74) is 0. The molecule has 1 aliphatic heterocycles. The van der Waals surface area contributed by atoms with Gasteiger partial charge in [-0.1, -0.05) is 0 Å². The first-order valence-electron chi connectivity index (χ1n) is 10.7. The molecule has 0 aliphatic carbocycles. The number of hydrogen-bond acceptors (Lipinski definition) is 10. The van der Waals surface area contributed by atoms with Crippen LogP contribution in [0.15, 0.2) is 0 Å². The van der Waals surface area contributed by atoms with Gasteiger partial charge in [0.25, 0.3) is 0 Å². The second-order valence-electron chi connectivity index (χ2n) is 6.51. The number of rotatable bonds is 21. The van der Waals surface area contributed by atoms with Crippen LogP contribution in [0.1, 0.15) is 12.8 Å². The van der Waals surface area contributed by atoms with Gasteiger partial charge < -0.3 is 43.2 Å². The highest BCUT2D eigenvalue weighted by molar-refractivity contribution is 5.70. The molecule has 0 aromatic rings. The van der Waals surface area contributed by atoms with Crippen LogP contribution in [0, 0.1) is 0 Å². The zero-order valence-corrected chi connectivity index (χ0v) is 18.3. The molecule has 1 fully saturated rings. The summed E-state index contributed by atoms with van der Waals surface area (Å²) >= 11 is 0. The lowest BCUT2D eigenvalue weighted by atomic mass is 10.1. The van der Waals surface area contributed by atoms with E-state index in [9.17, 15) is 4.79 Å². The SMILES string of the molecule is COC(=O)COCCOCCOCCOCCOCCOCCOC1CCNCC1. The topological polar surface area (TPSA) is 103 Å². The summed E-state index contributed by atoms with van der Waals surface area (Å²) in [6.07, 6.45) is 2.53. The Hall–Kier alpha value is -0.850. The molecule has 10 heteroatoms. The Kier molecular flexibility index (Phi) is 19.4. The van der Waals surface area contributed by atoms with Crippen molar-refractivity contribution in [2.45, 2.75) is 18.9 Å². The van der Waals surface area contributed by atoms with E-state index in [4.69, 9.17) is 33.2 Å². The minimum absolute atomic E-state index is 0.0575. The lowest BCUT2D eigenvalue weighted by Gasteiger charge is -2.22. The molecule has 0 unspecified atom stereocenters. The molecule has 0 atom stereocenters. The van der Waals surface area contributed by atoms with Gasteiger partial charge in [-0.25, -0.2) is 4.79 Å². The molecule has 30 heavy (non-hydrogen) atoms. The number of esters is 1. The quantitative estimate of drug-likeness (QED) is 0.195. The highest BCUT2D eigenvalue weighted by Crippen LogP contribution is 2.06. The van der Waals surface area contributed by atoms with E-state index in [0.717, 1.165) is 25.9 Å². The molecule has 178 valence electrons. The molecule has 1 N–H and O–H groups in total. The lowest BCUT2D eigenvalue weighted by Crippen LogP contribution is -2.33. The van der Waals surface area contributed by atoms with Crippen molar-refractivity contribution in [3.05, 3.63) is 0 Å². The van der Waals surface area contributed by atoms with Gasteiger partial charge in [0.05, 0.1) is 92.5 Å². The van der Waals surface area contributed by atoms with Crippen molar-refractivity contribution >= 4 is 5.97 Å². The van der Waals surface area contributed by atoms with Gasteiger partial charge in [-0.05, 0) is 25.9 Å². The number of carbonyl (C=O) groups excluding carboxylic acids is 1. The van der Waals surface area contributed by atoms with Crippen molar-refractivity contribution in [2.75, 3.05) is 106 Å². The smallest absolute Gasteiger partial charge is 0.331 e. The number of carbonyl (C=O) groups is 1. The van der Waals surface area contributed by atoms with Crippen molar-refractivity contribution in [1.29, 1.82) is 0 Å². The fraction of sp³-hybridized carbons (Fsp3) is 0.950. The van der Waals surface area contributed by atoms with Crippen LogP contribution in [0.25, 0.3) is 0 Å². The molecule has 10 nitrogen and oxygen atoms in total. The summed E-state index contributed by atoms with van der Waals surface area (Å²) in [6.45, 7) is 8.14. The summed E-state index contributed by atoms with van der Waals surface area (Å²) < 4.78 is 42.3. The summed E-state index contributed by atoms with van der Waals surface area (Å²) in [5.74, 6) is -0.398. The average Bonchev–Trinajstić information content (AvgIpc) is 2.78. The van der Waals surface area contributed by atoms with Gasteiger partial charge in [0, 0.05) is 0 Å². The van der Waals surface area contributed by atoms with E-state index in [1.807, 2.05) is 0 Å². The summed E-state index contributed by atoms with van der Waals surface area (Å²) in [6, 6.07) is 0. The Bertz CT molecular complexity index is 381. The van der Waals surface area contributed by atoms with Crippen LogP contribution in [-0.2, 0) is 42.7 Å². The molecule has 1 heterocycles. The fourth-order valence-corrected chi connectivity index (χ4v) is 2.55. The Morgan fingerprint density at radius 2 is 1.07 bits per heavy atom. The predicted octanol–water partition coefficient (Wildman–Crippen LogP) is 0.0276. The molecule has 0 radical (unpaired) electrons. The molecular weight excluding hydrogens is 398 g/mol. The molecule has 0 spiro atoms. The third kappa shape index (κ3) is 18.0. The summed E-state index contributed by atoms with van der Waals surface area (Å²) in [7, 11) is 1.32. The molecule has 0 aromatic heterocycles. The van der Waals surface area contributed by atoms with Crippen LogP contribution in [0.2, 0.25) is 0 Å². The van der Waals surface area contributed by atoms with E-state index in [0.29, 0.717) is 85.4 Å². The molecule has 0 amide bonds. The van der Waals surface area contributed by atoms with E-state index in [2.05, 4.69) is 10.1 Å². The van der Waals surface area contributed by atoms with Gasteiger partial charge in [0.1, 0.15) is 6.61 Å². The van der Waals surface area contributed by atoms with Crippen molar-refractivity contribution in [3.63, 3.8) is 0 Å². The molecule has 1 aliphatic rings. The van der Waals surface area contributed by atoms with Crippen molar-refractivity contribution in [2.24, 2.45) is 0 Å². The number of ether oxygens (including phenoxy) is 8. The van der Waals surface area contributed by atoms with Crippen LogP contribution < -0.4 is 5.32 Å². The van der Waals surface area contributed by atoms with Crippen LogP contribution in [0.4, 0.5) is 0 Å². The second kappa shape index (κ2) is 21.4. The monoisotopic (exact) mass is 437 g/mol. The van der Waals surface area contributed by atoms with Crippen molar-refractivity contribution in [1.82, 2.24) is 5.32 Å². The van der Waals surface area contributed by atoms with E-state index in [1.54, 1.807) is 0 Å². The van der Waals surface area contributed by atoms with Gasteiger partial charge in [0.15, 0.2) is 0 Å². The van der Waals surface area contributed by atoms with Crippen LogP contribution in [0.5, 0.6) is 0 Å². The molecular formula is C20H39NO9. The van der Waals surface area contributed by atoms with Crippen molar-refractivity contribution < 1.29 is 42.7 Å². The van der Waals surface area contributed by atoms with Gasteiger partial charge >= 0.3 is 5.97 Å². The standard InChI is InChI=1S/C20H39NO9/c1-23-20(22)18-29-15-14-27-11-10-25-7-6-24-8-9-26-12-13-28-16-17-30-19-2-4-21-5-3-19/h19,21H,2-18H2,1H3. The highest BCUT2D eigenvalue weighted by Gasteiger charge is 2.12. The summed E-state index contributed by atoms with van der Waals surface area (Å²) in [4.78, 5) is 10.8. The number of piperidine rings is 1. The predicted molar refractivity (Wildman–Crippen MR) is 109 cm³/mol. The maximum Gasteiger partial charge on any atom is 0.331 e. The maximum absolute atomic E-state index is 10.8. The van der Waals surface area contributed by atoms with Crippen LogP contribution in [-0.4, -0.2) is 118 Å². The van der Waals surface area contributed by atoms with E-state index < -0.39 is 5.97 Å². The van der Waals surface area contributed by atoms with Crippen molar-refractivity contribution in [3.8, 4) is 0 Å². The molecule has 0 bridgehead atoms. The first-order valence-corrected chi connectivity index (χ1v) is 10.7. The Labute approximate surface area is 179 Å². The lowest BCUT2D eigenvalue weighted by molar-refractivity contribution is -0.146. The van der Waals surface area contributed by atoms with Crippen LogP contribution in [0.3, 0.4) is 0 Å². The van der Waals surface area contributed by atoms with E-state index in [-0.39, 0.29) is 6.61 Å². The normalized spacial score (nSPS) is 14.8. The van der Waals surface area contributed by atoms with Gasteiger partial charge in [-0.2, -0.15) is 0 Å². The Morgan fingerprint density at radius 1 is 0.667 bits per heavy atom. The number of nitrogens with one attached hydrogen (secondary N) is 1. The number of hydrogen-bond donors (Lipinski definition) is 1. The van der Waals surface area contributed by atoms with Gasteiger partial charge in [-0.15, -0.1) is 0 Å². The van der Waals surface area contributed by atoms with Gasteiger partial charge in [0.2, 0.25) is 0 Å². The third-order valence-corrected chi connectivity index (χ3v) is 4.18. The highest BCUT2D eigenvalue weighted by atomic mass is 16.6. The third-order valence-electron chi connectivity index (χ3n) is 4.18. The summed E-state index contributed by atoms with van der Waals surface area (Å²) in [5, 5.41) is 3.32. The zero-order chi connectivity index (χ0) is 21.5. The minimum atomic E-state index is -0.398. The first kappa shape index (κ1) is 27.2. The zero-order valence-electron chi connectivity index (χ0n) is 18.3. The van der Waals surface area contributed by atoms with E-state index in [1.165, 1.54) is 7.11 Å². The molecule has 1 rings (SSSR count). The second-order valence-corrected chi connectivity index (χ2v) is 6.51. The maximum atomic E-state index is 10.8. The molecule has 0 saturated carbocycles. The largest absolute Gasteiger partial charge is 0.467 e. The molecule has 0 aromatic carbocycles.